The zero-order chi connectivity index (χ0) is 20.0. The van der Waals surface area contributed by atoms with Crippen molar-refractivity contribution in [2.24, 2.45) is 0 Å². The second-order valence-corrected chi connectivity index (χ2v) is 7.92. The topological polar surface area (TPSA) is 72.9 Å². The van der Waals surface area contributed by atoms with Crippen molar-refractivity contribution in [3.63, 3.8) is 0 Å². The molecule has 2 N–H and O–H groups in total. The molecule has 8 heteroatoms. The molecule has 6 nitrogen and oxygen atoms in total. The zero-order valence-corrected chi connectivity index (χ0v) is 17.0. The van der Waals surface area contributed by atoms with E-state index < -0.39 is 0 Å². The van der Waals surface area contributed by atoms with E-state index in [-0.39, 0.29) is 0 Å². The van der Waals surface area contributed by atoms with Gasteiger partial charge in [-0.3, -0.25) is 0 Å². The first-order chi connectivity index (χ1) is 14.1. The van der Waals surface area contributed by atoms with E-state index in [0.717, 1.165) is 48.3 Å². The van der Waals surface area contributed by atoms with Crippen LogP contribution >= 0.6 is 23.2 Å². The highest BCUT2D eigenvalue weighted by molar-refractivity contribution is 6.30. The maximum Gasteiger partial charge on any atom is 0.228 e. The lowest BCUT2D eigenvalue weighted by atomic mass is 10.1. The number of rotatable bonds is 3. The normalized spacial score (nSPS) is 14.1. The van der Waals surface area contributed by atoms with Crippen LogP contribution in [-0.2, 0) is 0 Å². The summed E-state index contributed by atoms with van der Waals surface area (Å²) in [6.45, 7) is 1.89. The highest BCUT2D eigenvalue weighted by Gasteiger charge is 2.22. The Morgan fingerprint density at radius 2 is 1.45 bits per heavy atom. The number of nitrogen functional groups attached to an aromatic ring is 1. The number of anilines is 2. The molecule has 2 aromatic heterocycles. The van der Waals surface area contributed by atoms with Crippen LogP contribution in [0.5, 0.6) is 0 Å². The maximum atomic E-state index is 6.53. The molecule has 0 radical (unpaired) electrons. The molecule has 1 aliphatic rings. The largest absolute Gasteiger partial charge is 0.383 e. The van der Waals surface area contributed by atoms with Crippen LogP contribution in [0.4, 0.5) is 11.8 Å². The first kappa shape index (κ1) is 18.2. The fourth-order valence-corrected chi connectivity index (χ4v) is 3.91. The Bertz CT molecular complexity index is 1180. The van der Waals surface area contributed by atoms with Gasteiger partial charge in [0.15, 0.2) is 5.65 Å². The van der Waals surface area contributed by atoms with E-state index in [4.69, 9.17) is 44.0 Å². The molecule has 2 aromatic carbocycles. The Kier molecular flexibility index (Phi) is 4.53. The van der Waals surface area contributed by atoms with Crippen molar-refractivity contribution in [2.45, 2.75) is 12.8 Å². The molecule has 0 atom stereocenters. The molecular weight excluding hydrogens is 407 g/mol. The Morgan fingerprint density at radius 1 is 0.828 bits per heavy atom. The van der Waals surface area contributed by atoms with Gasteiger partial charge in [0.2, 0.25) is 5.95 Å². The van der Waals surface area contributed by atoms with Crippen molar-refractivity contribution in [1.82, 2.24) is 19.7 Å². The number of nitrogens with two attached hydrogens (primary N) is 1. The Labute approximate surface area is 177 Å². The minimum Gasteiger partial charge on any atom is -0.383 e. The number of halogens is 2. The smallest absolute Gasteiger partial charge is 0.228 e. The summed E-state index contributed by atoms with van der Waals surface area (Å²) in [4.78, 5) is 11.8. The molecule has 0 spiro atoms. The molecule has 0 unspecified atom stereocenters. The van der Waals surface area contributed by atoms with Crippen LogP contribution < -0.4 is 10.6 Å². The fraction of sp³-hybridized carbons (Fsp3) is 0.190. The summed E-state index contributed by atoms with van der Waals surface area (Å²) in [6.07, 6.45) is 2.28. The molecule has 146 valence electrons. The summed E-state index contributed by atoms with van der Waals surface area (Å²) in [6, 6.07) is 14.9. The predicted molar refractivity (Wildman–Crippen MR) is 118 cm³/mol. The van der Waals surface area contributed by atoms with E-state index in [9.17, 15) is 0 Å². The summed E-state index contributed by atoms with van der Waals surface area (Å²) in [5, 5.41) is 6.74. The van der Waals surface area contributed by atoms with Crippen molar-refractivity contribution in [2.75, 3.05) is 23.7 Å². The second-order valence-electron chi connectivity index (χ2n) is 7.05. The lowest BCUT2D eigenvalue weighted by Gasteiger charge is -2.16. The lowest BCUT2D eigenvalue weighted by molar-refractivity contribution is 0.883. The third-order valence-electron chi connectivity index (χ3n) is 5.13. The van der Waals surface area contributed by atoms with Crippen molar-refractivity contribution >= 4 is 46.0 Å². The first-order valence-corrected chi connectivity index (χ1v) is 10.2. The maximum absolute atomic E-state index is 6.53. The third kappa shape index (κ3) is 3.28. The van der Waals surface area contributed by atoms with Gasteiger partial charge in [-0.2, -0.15) is 4.98 Å². The molecule has 0 amide bonds. The summed E-state index contributed by atoms with van der Waals surface area (Å²) in [5.74, 6) is 1.17. The number of aromatic nitrogens is 4. The summed E-state index contributed by atoms with van der Waals surface area (Å²) in [5.41, 5.74) is 9.59. The van der Waals surface area contributed by atoms with Crippen molar-refractivity contribution in [3.05, 3.63) is 58.6 Å². The number of hydrogen-bond donors (Lipinski definition) is 1. The minimum absolute atomic E-state index is 0.486. The Hall–Kier alpha value is -2.83. The van der Waals surface area contributed by atoms with Crippen molar-refractivity contribution in [1.29, 1.82) is 0 Å². The van der Waals surface area contributed by atoms with Crippen LogP contribution in [0, 0.1) is 0 Å². The second kappa shape index (κ2) is 7.21. The average molecular weight is 425 g/mol. The molecule has 1 fully saturated rings. The quantitative estimate of drug-likeness (QED) is 0.502. The number of hydrogen-bond acceptors (Lipinski definition) is 5. The van der Waals surface area contributed by atoms with Crippen LogP contribution in [0.2, 0.25) is 10.0 Å². The summed E-state index contributed by atoms with van der Waals surface area (Å²) >= 11 is 12.1. The van der Waals surface area contributed by atoms with E-state index in [0.29, 0.717) is 27.5 Å². The minimum atomic E-state index is 0.486. The van der Waals surface area contributed by atoms with Gasteiger partial charge in [0, 0.05) is 28.7 Å². The van der Waals surface area contributed by atoms with Crippen molar-refractivity contribution in [3.8, 4) is 16.9 Å². The zero-order valence-electron chi connectivity index (χ0n) is 15.5. The van der Waals surface area contributed by atoms with E-state index in [1.54, 1.807) is 4.68 Å². The van der Waals surface area contributed by atoms with Gasteiger partial charge in [-0.1, -0.05) is 35.3 Å². The summed E-state index contributed by atoms with van der Waals surface area (Å²) < 4.78 is 1.68. The van der Waals surface area contributed by atoms with Gasteiger partial charge in [0.1, 0.15) is 5.82 Å². The number of fused-ring (bicyclic) bond motifs is 1. The van der Waals surface area contributed by atoms with Crippen molar-refractivity contribution < 1.29 is 0 Å². The van der Waals surface area contributed by atoms with Gasteiger partial charge >= 0.3 is 0 Å². The SMILES string of the molecule is Nc1c2c(-c3ccc(Cl)cc3)nc(N3CCCC3)nc2nn1-c1ccc(Cl)cc1. The molecular formula is C21H18Cl2N6. The van der Waals surface area contributed by atoms with Gasteiger partial charge < -0.3 is 10.6 Å². The molecule has 4 aromatic rings. The van der Waals surface area contributed by atoms with E-state index in [1.165, 1.54) is 0 Å². The number of nitrogens with zero attached hydrogens (tertiary/aromatic N) is 5. The van der Waals surface area contributed by atoms with E-state index in [2.05, 4.69) is 4.90 Å². The van der Waals surface area contributed by atoms with E-state index in [1.807, 2.05) is 48.5 Å². The molecule has 0 aliphatic carbocycles. The monoisotopic (exact) mass is 424 g/mol. The van der Waals surface area contributed by atoms with Gasteiger partial charge in [0.25, 0.3) is 0 Å². The third-order valence-corrected chi connectivity index (χ3v) is 5.64. The molecule has 3 heterocycles. The molecule has 1 aliphatic heterocycles. The van der Waals surface area contributed by atoms with Crippen LogP contribution in [-0.4, -0.2) is 32.8 Å². The van der Waals surface area contributed by atoms with Crippen LogP contribution in [0.3, 0.4) is 0 Å². The van der Waals surface area contributed by atoms with Gasteiger partial charge in [0.05, 0.1) is 16.8 Å². The predicted octanol–water partition coefficient (Wildman–Crippen LogP) is 4.97. The van der Waals surface area contributed by atoms with Gasteiger partial charge in [-0.15, -0.1) is 5.10 Å². The number of benzene rings is 2. The molecule has 1 saturated heterocycles. The molecule has 0 bridgehead atoms. The fourth-order valence-electron chi connectivity index (χ4n) is 3.65. The van der Waals surface area contributed by atoms with Crippen LogP contribution in [0.1, 0.15) is 12.8 Å². The highest BCUT2D eigenvalue weighted by atomic mass is 35.5. The van der Waals surface area contributed by atoms with Crippen LogP contribution in [0.15, 0.2) is 48.5 Å². The summed E-state index contributed by atoms with van der Waals surface area (Å²) in [7, 11) is 0. The lowest BCUT2D eigenvalue weighted by Crippen LogP contribution is -2.20. The highest BCUT2D eigenvalue weighted by Crippen LogP contribution is 2.34. The Balaban J connectivity index is 1.75. The van der Waals surface area contributed by atoms with Gasteiger partial charge in [-0.05, 0) is 49.2 Å². The molecule has 29 heavy (non-hydrogen) atoms. The Morgan fingerprint density at radius 3 is 2.10 bits per heavy atom. The molecule has 0 saturated carbocycles. The molecule has 5 rings (SSSR count). The first-order valence-electron chi connectivity index (χ1n) is 9.43. The van der Waals surface area contributed by atoms with E-state index >= 15 is 0 Å². The average Bonchev–Trinajstić information content (AvgIpc) is 3.37. The van der Waals surface area contributed by atoms with Gasteiger partial charge in [-0.25, -0.2) is 9.67 Å². The standard InChI is InChI=1S/C21H18Cl2N6/c22-14-5-3-13(4-6-14)18-17-19(24)29(16-9-7-15(23)8-10-16)27-20(17)26-21(25-18)28-11-1-2-12-28/h3-10H,1-2,11-12,24H2. The van der Waals surface area contributed by atoms with Crippen LogP contribution in [0.25, 0.3) is 28.0 Å².